The minimum atomic E-state index is 0.0217. The van der Waals surface area contributed by atoms with Crippen LogP contribution in [-0.4, -0.2) is 18.0 Å². The molecule has 1 aliphatic rings. The zero-order chi connectivity index (χ0) is 11.5. The Hall–Kier alpha value is -1.29. The minimum absolute atomic E-state index is 0.0217. The van der Waals surface area contributed by atoms with E-state index in [0.29, 0.717) is 6.42 Å². The van der Waals surface area contributed by atoms with Gasteiger partial charge in [-0.3, -0.25) is 4.79 Å². The third kappa shape index (κ3) is 2.85. The van der Waals surface area contributed by atoms with Gasteiger partial charge < -0.3 is 15.5 Å². The molecule has 0 saturated heterocycles. The van der Waals surface area contributed by atoms with Crippen molar-refractivity contribution >= 4 is 5.91 Å². The van der Waals surface area contributed by atoms with Crippen molar-refractivity contribution in [3.8, 4) is 0 Å². The Morgan fingerprint density at radius 3 is 2.94 bits per heavy atom. The highest BCUT2D eigenvalue weighted by molar-refractivity contribution is 5.78. The van der Waals surface area contributed by atoms with Crippen molar-refractivity contribution < 1.29 is 9.21 Å². The average Bonchev–Trinajstić information content (AvgIpc) is 2.76. The van der Waals surface area contributed by atoms with Gasteiger partial charge in [0.05, 0.1) is 6.42 Å². The van der Waals surface area contributed by atoms with Crippen LogP contribution in [0.2, 0.25) is 0 Å². The molecule has 4 heteroatoms. The van der Waals surface area contributed by atoms with Gasteiger partial charge in [0.2, 0.25) is 5.91 Å². The van der Waals surface area contributed by atoms with Crippen molar-refractivity contribution in [2.45, 2.75) is 44.7 Å². The van der Waals surface area contributed by atoms with Crippen molar-refractivity contribution in [2.24, 2.45) is 5.73 Å². The van der Waals surface area contributed by atoms with Crippen LogP contribution in [0.25, 0.3) is 0 Å². The van der Waals surface area contributed by atoms with Crippen LogP contribution in [0.4, 0.5) is 0 Å². The maximum atomic E-state index is 11.7. The smallest absolute Gasteiger partial charge is 0.227 e. The molecule has 0 bridgehead atoms. The van der Waals surface area contributed by atoms with E-state index in [0.717, 1.165) is 30.8 Å². The van der Waals surface area contributed by atoms with Crippen LogP contribution in [0.5, 0.6) is 0 Å². The largest absolute Gasteiger partial charge is 0.466 e. The predicted octanol–water partition coefficient (Wildman–Crippen LogP) is 1.13. The number of nitrogens with two attached hydrogens (primary N) is 1. The van der Waals surface area contributed by atoms with E-state index in [1.54, 1.807) is 0 Å². The highest BCUT2D eigenvalue weighted by Gasteiger charge is 2.23. The number of carbonyl (C=O) groups excluding carboxylic acids is 1. The summed E-state index contributed by atoms with van der Waals surface area (Å²) < 4.78 is 5.35. The van der Waals surface area contributed by atoms with Crippen LogP contribution in [0, 0.1) is 6.92 Å². The first-order valence-corrected chi connectivity index (χ1v) is 5.74. The fourth-order valence-electron chi connectivity index (χ4n) is 2.16. The zero-order valence-electron chi connectivity index (χ0n) is 9.53. The van der Waals surface area contributed by atoms with Gasteiger partial charge in [0.15, 0.2) is 0 Å². The second-order valence-electron chi connectivity index (χ2n) is 4.53. The van der Waals surface area contributed by atoms with Crippen LogP contribution >= 0.6 is 0 Å². The van der Waals surface area contributed by atoms with Crippen LogP contribution in [0.15, 0.2) is 16.5 Å². The molecule has 88 valence electrons. The van der Waals surface area contributed by atoms with Gasteiger partial charge in [0.25, 0.3) is 0 Å². The number of furan rings is 1. The summed E-state index contributed by atoms with van der Waals surface area (Å²) in [7, 11) is 0. The summed E-state index contributed by atoms with van der Waals surface area (Å²) in [6.07, 6.45) is 3.21. The Balaban J connectivity index is 1.80. The SMILES string of the molecule is Cc1ccc(CC(=O)NC2CCC(N)C2)o1. The Bertz CT molecular complexity index is 373. The molecule has 1 amide bonds. The van der Waals surface area contributed by atoms with Gasteiger partial charge >= 0.3 is 0 Å². The van der Waals surface area contributed by atoms with E-state index in [2.05, 4.69) is 5.32 Å². The first-order chi connectivity index (χ1) is 7.63. The predicted molar refractivity (Wildman–Crippen MR) is 60.9 cm³/mol. The molecule has 1 saturated carbocycles. The molecule has 0 radical (unpaired) electrons. The lowest BCUT2D eigenvalue weighted by molar-refractivity contribution is -0.121. The van der Waals surface area contributed by atoms with Gasteiger partial charge in [0, 0.05) is 12.1 Å². The molecule has 1 aliphatic carbocycles. The first kappa shape index (κ1) is 11.2. The fourth-order valence-corrected chi connectivity index (χ4v) is 2.16. The van der Waals surface area contributed by atoms with Crippen molar-refractivity contribution in [3.05, 3.63) is 23.7 Å². The molecule has 1 aromatic heterocycles. The van der Waals surface area contributed by atoms with Crippen LogP contribution in [-0.2, 0) is 11.2 Å². The van der Waals surface area contributed by atoms with E-state index in [9.17, 15) is 4.79 Å². The molecule has 2 unspecified atom stereocenters. The van der Waals surface area contributed by atoms with Crippen molar-refractivity contribution in [3.63, 3.8) is 0 Å². The summed E-state index contributed by atoms with van der Waals surface area (Å²) in [4.78, 5) is 11.7. The van der Waals surface area contributed by atoms with Gasteiger partial charge in [0.1, 0.15) is 11.5 Å². The van der Waals surface area contributed by atoms with Crippen molar-refractivity contribution in [1.29, 1.82) is 0 Å². The Kier molecular flexibility index (Phi) is 3.29. The maximum Gasteiger partial charge on any atom is 0.227 e. The molecule has 3 N–H and O–H groups in total. The normalized spacial score (nSPS) is 24.6. The van der Waals surface area contributed by atoms with E-state index >= 15 is 0 Å². The second-order valence-corrected chi connectivity index (χ2v) is 4.53. The standard InChI is InChI=1S/C12H18N2O2/c1-8-2-5-11(16-8)7-12(15)14-10-4-3-9(13)6-10/h2,5,9-10H,3-4,6-7,13H2,1H3,(H,14,15). The molecule has 1 aromatic rings. The molecule has 16 heavy (non-hydrogen) atoms. The number of amides is 1. The molecule has 1 heterocycles. The number of hydrogen-bond acceptors (Lipinski definition) is 3. The molecular formula is C12H18N2O2. The summed E-state index contributed by atoms with van der Waals surface area (Å²) in [5.74, 6) is 1.58. The highest BCUT2D eigenvalue weighted by Crippen LogP contribution is 2.17. The summed E-state index contributed by atoms with van der Waals surface area (Å²) in [6, 6.07) is 4.21. The van der Waals surface area contributed by atoms with Crippen molar-refractivity contribution in [1.82, 2.24) is 5.32 Å². The highest BCUT2D eigenvalue weighted by atomic mass is 16.3. The maximum absolute atomic E-state index is 11.7. The fraction of sp³-hybridized carbons (Fsp3) is 0.583. The molecule has 0 aliphatic heterocycles. The van der Waals surface area contributed by atoms with Gasteiger partial charge in [-0.15, -0.1) is 0 Å². The van der Waals surface area contributed by atoms with E-state index in [1.807, 2.05) is 19.1 Å². The van der Waals surface area contributed by atoms with Gasteiger partial charge in [-0.1, -0.05) is 0 Å². The average molecular weight is 222 g/mol. The third-order valence-electron chi connectivity index (χ3n) is 2.97. The zero-order valence-corrected chi connectivity index (χ0v) is 9.53. The summed E-state index contributed by atoms with van der Waals surface area (Å²) in [5.41, 5.74) is 5.79. The molecule has 0 aromatic carbocycles. The van der Waals surface area contributed by atoms with E-state index < -0.39 is 0 Å². The molecule has 2 atom stereocenters. The summed E-state index contributed by atoms with van der Waals surface area (Å²) >= 11 is 0. The number of carbonyl (C=O) groups is 1. The Morgan fingerprint density at radius 1 is 1.56 bits per heavy atom. The number of nitrogens with one attached hydrogen (secondary N) is 1. The van der Waals surface area contributed by atoms with Crippen molar-refractivity contribution in [2.75, 3.05) is 0 Å². The molecule has 0 spiro atoms. The van der Waals surface area contributed by atoms with E-state index in [1.165, 1.54) is 0 Å². The quantitative estimate of drug-likeness (QED) is 0.805. The summed E-state index contributed by atoms with van der Waals surface area (Å²) in [5, 5.41) is 2.99. The topological polar surface area (TPSA) is 68.3 Å². The number of hydrogen-bond donors (Lipinski definition) is 2. The number of rotatable bonds is 3. The number of aryl methyl sites for hydroxylation is 1. The Labute approximate surface area is 95.2 Å². The molecule has 2 rings (SSSR count). The van der Waals surface area contributed by atoms with E-state index in [4.69, 9.17) is 10.2 Å². The van der Waals surface area contributed by atoms with E-state index in [-0.39, 0.29) is 18.0 Å². The van der Waals surface area contributed by atoms with Crippen LogP contribution in [0.3, 0.4) is 0 Å². The first-order valence-electron chi connectivity index (χ1n) is 5.74. The van der Waals surface area contributed by atoms with Crippen LogP contribution < -0.4 is 11.1 Å². The minimum Gasteiger partial charge on any atom is -0.466 e. The summed E-state index contributed by atoms with van der Waals surface area (Å²) in [6.45, 7) is 1.87. The van der Waals surface area contributed by atoms with Gasteiger partial charge in [-0.25, -0.2) is 0 Å². The molecule has 4 nitrogen and oxygen atoms in total. The van der Waals surface area contributed by atoms with Gasteiger partial charge in [-0.05, 0) is 38.3 Å². The monoisotopic (exact) mass is 222 g/mol. The third-order valence-corrected chi connectivity index (χ3v) is 2.97. The lowest BCUT2D eigenvalue weighted by atomic mass is 10.2. The molecule has 1 fully saturated rings. The van der Waals surface area contributed by atoms with Gasteiger partial charge in [-0.2, -0.15) is 0 Å². The second kappa shape index (κ2) is 4.70. The molecular weight excluding hydrogens is 204 g/mol. The lowest BCUT2D eigenvalue weighted by Gasteiger charge is -2.11. The van der Waals surface area contributed by atoms with Crippen LogP contribution in [0.1, 0.15) is 30.8 Å². The lowest BCUT2D eigenvalue weighted by Crippen LogP contribution is -2.34. The Morgan fingerprint density at radius 2 is 2.38 bits per heavy atom.